The van der Waals surface area contributed by atoms with Gasteiger partial charge < -0.3 is 19.7 Å². The Morgan fingerprint density at radius 3 is 2.64 bits per heavy atom. The number of carbonyl (C=O) groups is 1. The van der Waals surface area contributed by atoms with E-state index in [1.165, 1.54) is 11.8 Å². The summed E-state index contributed by atoms with van der Waals surface area (Å²) in [5.41, 5.74) is 3.95. The average Bonchev–Trinajstić information content (AvgIpc) is 3.24. The molecule has 0 bridgehead atoms. The summed E-state index contributed by atoms with van der Waals surface area (Å²) in [6.45, 7) is 3.95. The summed E-state index contributed by atoms with van der Waals surface area (Å²) in [7, 11) is 0. The lowest BCUT2D eigenvalue weighted by atomic mass is 10.1. The number of β-amino-alcohol motifs (C(OH)–C–C–N with tert-alkyl or cyclic N) is 1. The maximum absolute atomic E-state index is 11.8. The molecular weight excluding hydrogens is 336 g/mol. The van der Waals surface area contributed by atoms with Gasteiger partial charge in [0.05, 0.1) is 29.1 Å². The van der Waals surface area contributed by atoms with E-state index in [0.29, 0.717) is 6.54 Å². The van der Waals surface area contributed by atoms with Crippen molar-refractivity contribution in [3.05, 3.63) is 64.7 Å². The monoisotopic (exact) mass is 356 g/mol. The molecule has 1 aliphatic heterocycles. The first-order valence-electron chi connectivity index (χ1n) is 7.97. The van der Waals surface area contributed by atoms with Crippen molar-refractivity contribution in [1.29, 1.82) is 0 Å². The number of hydrogen-bond acceptors (Lipinski definition) is 6. The molecule has 0 saturated heterocycles. The van der Waals surface area contributed by atoms with Crippen LogP contribution in [-0.4, -0.2) is 28.9 Å². The lowest BCUT2D eigenvalue weighted by Gasteiger charge is -2.20. The normalized spacial score (nSPS) is 16.0. The quantitative estimate of drug-likeness (QED) is 0.815. The second kappa shape index (κ2) is 7.63. The van der Waals surface area contributed by atoms with Gasteiger partial charge in [-0.05, 0) is 37.6 Å². The van der Waals surface area contributed by atoms with Gasteiger partial charge in [-0.15, -0.1) is 0 Å². The Morgan fingerprint density at radius 2 is 2.04 bits per heavy atom. The summed E-state index contributed by atoms with van der Waals surface area (Å²) >= 11 is 1.43. The number of thioether (sulfide) groups is 1. The van der Waals surface area contributed by atoms with Gasteiger partial charge in [-0.2, -0.15) is 0 Å². The molecule has 2 heterocycles. The van der Waals surface area contributed by atoms with Crippen LogP contribution in [0.4, 0.5) is 5.69 Å². The fourth-order valence-electron chi connectivity index (χ4n) is 2.67. The topological polar surface area (TPSA) is 65.7 Å². The molecule has 0 unspecified atom stereocenters. The molecule has 0 fully saturated rings. The SMILES string of the molecule is CC(=O)C1=C(C)N(CCO)C(=CNc2ccc(-c3ccoc3)cc2)S1. The van der Waals surface area contributed by atoms with Crippen LogP contribution in [-0.2, 0) is 4.79 Å². The number of ketones is 1. The highest BCUT2D eigenvalue weighted by Crippen LogP contribution is 2.41. The summed E-state index contributed by atoms with van der Waals surface area (Å²) in [4.78, 5) is 14.4. The summed E-state index contributed by atoms with van der Waals surface area (Å²) < 4.78 is 5.10. The lowest BCUT2D eigenvalue weighted by molar-refractivity contribution is -0.113. The highest BCUT2D eigenvalue weighted by atomic mass is 32.2. The Kier molecular flexibility index (Phi) is 5.31. The summed E-state index contributed by atoms with van der Waals surface area (Å²) in [5.74, 6) is 0.0401. The zero-order valence-corrected chi connectivity index (χ0v) is 15.0. The number of carbonyl (C=O) groups excluding carboxylic acids is 1. The molecule has 0 saturated carbocycles. The molecule has 0 aliphatic carbocycles. The lowest BCUT2D eigenvalue weighted by Crippen LogP contribution is -2.21. The third-order valence-corrected chi connectivity index (χ3v) is 5.29. The van der Waals surface area contributed by atoms with E-state index in [9.17, 15) is 9.90 Å². The minimum atomic E-state index is 0.0276. The van der Waals surface area contributed by atoms with Crippen molar-refractivity contribution >= 4 is 23.2 Å². The predicted octanol–water partition coefficient (Wildman–Crippen LogP) is 4.02. The molecule has 0 amide bonds. The van der Waals surface area contributed by atoms with Crippen molar-refractivity contribution in [2.24, 2.45) is 0 Å². The number of Topliss-reactive ketones (excluding diaryl/α,β-unsaturated/α-hetero) is 1. The summed E-state index contributed by atoms with van der Waals surface area (Å²) in [5, 5.41) is 13.4. The van der Waals surface area contributed by atoms with Crippen LogP contribution in [0.15, 0.2) is 69.1 Å². The van der Waals surface area contributed by atoms with Gasteiger partial charge in [-0.1, -0.05) is 23.9 Å². The molecule has 6 heteroatoms. The standard InChI is InChI=1S/C19H20N2O3S/c1-13-19(14(2)23)25-18(21(13)8-9-22)11-20-17-5-3-15(4-6-17)16-7-10-24-12-16/h3-7,10-12,20,22H,8-9H2,1-2H3. The number of nitrogens with zero attached hydrogens (tertiary/aromatic N) is 1. The van der Waals surface area contributed by atoms with Crippen molar-refractivity contribution in [3.63, 3.8) is 0 Å². The molecule has 2 N–H and O–H groups in total. The molecule has 1 aromatic heterocycles. The fourth-order valence-corrected chi connectivity index (χ4v) is 3.73. The number of rotatable bonds is 6. The van der Waals surface area contributed by atoms with E-state index in [1.54, 1.807) is 19.5 Å². The van der Waals surface area contributed by atoms with E-state index < -0.39 is 0 Å². The van der Waals surface area contributed by atoms with E-state index in [0.717, 1.165) is 32.4 Å². The molecule has 25 heavy (non-hydrogen) atoms. The number of aliphatic hydroxyl groups excluding tert-OH is 1. The smallest absolute Gasteiger partial charge is 0.168 e. The van der Waals surface area contributed by atoms with E-state index in [4.69, 9.17) is 4.42 Å². The highest BCUT2D eigenvalue weighted by molar-refractivity contribution is 8.07. The number of anilines is 1. The number of benzene rings is 1. The number of aliphatic hydroxyl groups is 1. The van der Waals surface area contributed by atoms with Crippen LogP contribution in [0, 0.1) is 0 Å². The van der Waals surface area contributed by atoms with E-state index >= 15 is 0 Å². The van der Waals surface area contributed by atoms with Gasteiger partial charge in [0.15, 0.2) is 5.78 Å². The number of hydrogen-bond donors (Lipinski definition) is 2. The molecule has 2 aromatic rings. The van der Waals surface area contributed by atoms with Crippen LogP contribution in [0.5, 0.6) is 0 Å². The maximum atomic E-state index is 11.8. The molecule has 5 nitrogen and oxygen atoms in total. The molecule has 1 aromatic carbocycles. The largest absolute Gasteiger partial charge is 0.472 e. The Morgan fingerprint density at radius 1 is 1.28 bits per heavy atom. The van der Waals surface area contributed by atoms with Gasteiger partial charge in [0.1, 0.15) is 0 Å². The zero-order chi connectivity index (χ0) is 17.8. The molecule has 130 valence electrons. The minimum absolute atomic E-state index is 0.0276. The predicted molar refractivity (Wildman–Crippen MR) is 101 cm³/mol. The van der Waals surface area contributed by atoms with Gasteiger partial charge >= 0.3 is 0 Å². The zero-order valence-electron chi connectivity index (χ0n) is 14.2. The molecule has 0 radical (unpaired) electrons. The summed E-state index contributed by atoms with van der Waals surface area (Å²) in [6.07, 6.45) is 5.23. The van der Waals surface area contributed by atoms with Gasteiger partial charge in [0.2, 0.25) is 0 Å². The second-order valence-corrected chi connectivity index (χ2v) is 6.69. The Hall–Kier alpha value is -2.44. The number of furan rings is 1. The van der Waals surface area contributed by atoms with Crippen LogP contribution >= 0.6 is 11.8 Å². The number of allylic oxidation sites excluding steroid dienone is 2. The third-order valence-electron chi connectivity index (χ3n) is 3.95. The van der Waals surface area contributed by atoms with Crippen LogP contribution in [0.3, 0.4) is 0 Å². The highest BCUT2D eigenvalue weighted by Gasteiger charge is 2.27. The Balaban J connectivity index is 1.74. The maximum Gasteiger partial charge on any atom is 0.168 e. The molecule has 3 rings (SSSR count). The molecule has 0 spiro atoms. The van der Waals surface area contributed by atoms with Gasteiger partial charge in [0, 0.05) is 29.7 Å². The van der Waals surface area contributed by atoms with Crippen molar-refractivity contribution in [2.45, 2.75) is 13.8 Å². The molecular formula is C19H20N2O3S. The first-order chi connectivity index (χ1) is 12.1. The molecule has 1 aliphatic rings. The van der Waals surface area contributed by atoms with Crippen molar-refractivity contribution in [2.75, 3.05) is 18.5 Å². The van der Waals surface area contributed by atoms with E-state index in [1.807, 2.05) is 48.4 Å². The average molecular weight is 356 g/mol. The minimum Gasteiger partial charge on any atom is -0.472 e. The van der Waals surface area contributed by atoms with E-state index in [2.05, 4.69) is 5.32 Å². The first-order valence-corrected chi connectivity index (χ1v) is 8.79. The van der Waals surface area contributed by atoms with Gasteiger partial charge in [-0.25, -0.2) is 0 Å². The van der Waals surface area contributed by atoms with Gasteiger partial charge in [0.25, 0.3) is 0 Å². The Labute approximate surface area is 151 Å². The summed E-state index contributed by atoms with van der Waals surface area (Å²) in [6, 6.07) is 9.93. The fraction of sp³-hybridized carbons (Fsp3) is 0.211. The van der Waals surface area contributed by atoms with Crippen LogP contribution in [0.1, 0.15) is 13.8 Å². The van der Waals surface area contributed by atoms with Crippen LogP contribution in [0.2, 0.25) is 0 Å². The van der Waals surface area contributed by atoms with Crippen molar-refractivity contribution in [3.8, 4) is 11.1 Å². The van der Waals surface area contributed by atoms with Crippen molar-refractivity contribution in [1.82, 2.24) is 4.90 Å². The van der Waals surface area contributed by atoms with Crippen LogP contribution < -0.4 is 5.32 Å². The van der Waals surface area contributed by atoms with Crippen molar-refractivity contribution < 1.29 is 14.3 Å². The van der Waals surface area contributed by atoms with Crippen LogP contribution in [0.25, 0.3) is 11.1 Å². The molecule has 0 atom stereocenters. The number of nitrogens with one attached hydrogen (secondary N) is 1. The second-order valence-electron chi connectivity index (χ2n) is 5.66. The Bertz CT molecular complexity index is 808. The first kappa shape index (κ1) is 17.4. The van der Waals surface area contributed by atoms with Gasteiger partial charge in [-0.3, -0.25) is 4.79 Å². The third kappa shape index (κ3) is 3.81. The van der Waals surface area contributed by atoms with E-state index in [-0.39, 0.29) is 12.4 Å².